The molecule has 0 aliphatic rings. The zero-order chi connectivity index (χ0) is 14.8. The van der Waals surface area contributed by atoms with Crippen LogP contribution < -0.4 is 10.7 Å². The highest BCUT2D eigenvalue weighted by atomic mass is 35.5. The number of nitrogens with one attached hydrogen (secondary N) is 2. The third kappa shape index (κ3) is 6.84. The van der Waals surface area contributed by atoms with E-state index in [1.54, 1.807) is 0 Å². The molecule has 1 rings (SSSR count). The van der Waals surface area contributed by atoms with Gasteiger partial charge in [-0.15, -0.1) is 0 Å². The van der Waals surface area contributed by atoms with E-state index in [0.717, 1.165) is 37.5 Å². The fourth-order valence-electron chi connectivity index (χ4n) is 1.47. The van der Waals surface area contributed by atoms with Crippen LogP contribution in [0.4, 0.5) is 0 Å². The van der Waals surface area contributed by atoms with Crippen molar-refractivity contribution in [1.82, 2.24) is 10.7 Å². The van der Waals surface area contributed by atoms with Crippen LogP contribution in [0.3, 0.4) is 0 Å². The quantitative estimate of drug-likeness (QED) is 0.352. The number of halogens is 1. The van der Waals surface area contributed by atoms with Crippen LogP contribution >= 0.6 is 23.8 Å². The van der Waals surface area contributed by atoms with E-state index in [9.17, 15) is 0 Å². The molecule has 4 nitrogen and oxygen atoms in total. The van der Waals surface area contributed by atoms with Crippen LogP contribution in [0.5, 0.6) is 0 Å². The van der Waals surface area contributed by atoms with Crippen LogP contribution in [0.2, 0.25) is 5.02 Å². The number of rotatable bonds is 7. The predicted octanol–water partition coefficient (Wildman–Crippen LogP) is 2.95. The van der Waals surface area contributed by atoms with Gasteiger partial charge in [0.05, 0.1) is 5.71 Å². The molecule has 110 valence electrons. The Kier molecular flexibility index (Phi) is 8.18. The molecule has 2 N–H and O–H groups in total. The lowest BCUT2D eigenvalue weighted by Gasteiger charge is -2.08. The van der Waals surface area contributed by atoms with Crippen LogP contribution in [0, 0.1) is 0 Å². The monoisotopic (exact) mass is 313 g/mol. The van der Waals surface area contributed by atoms with Gasteiger partial charge in [-0.05, 0) is 50.2 Å². The van der Waals surface area contributed by atoms with Gasteiger partial charge in [0.2, 0.25) is 0 Å². The smallest absolute Gasteiger partial charge is 0.186 e. The summed E-state index contributed by atoms with van der Waals surface area (Å²) in [6.45, 7) is 6.11. The number of hydrogen-bond donors (Lipinski definition) is 2. The summed E-state index contributed by atoms with van der Waals surface area (Å²) in [5, 5.41) is 8.48. The average Bonchev–Trinajstić information content (AvgIpc) is 2.44. The lowest BCUT2D eigenvalue weighted by Crippen LogP contribution is -2.33. The molecule has 6 heteroatoms. The first-order valence-electron chi connectivity index (χ1n) is 6.55. The van der Waals surface area contributed by atoms with Crippen molar-refractivity contribution in [2.24, 2.45) is 5.10 Å². The zero-order valence-corrected chi connectivity index (χ0v) is 13.4. The molecule has 0 saturated carbocycles. The number of nitrogens with zero attached hydrogens (tertiary/aromatic N) is 1. The highest BCUT2D eigenvalue weighted by molar-refractivity contribution is 7.80. The van der Waals surface area contributed by atoms with Crippen LogP contribution in [-0.2, 0) is 4.74 Å². The Hall–Kier alpha value is -1.17. The summed E-state index contributed by atoms with van der Waals surface area (Å²) in [7, 11) is 0. The molecule has 0 heterocycles. The first-order valence-corrected chi connectivity index (χ1v) is 7.34. The van der Waals surface area contributed by atoms with E-state index < -0.39 is 0 Å². The molecule has 1 aromatic carbocycles. The topological polar surface area (TPSA) is 45.6 Å². The van der Waals surface area contributed by atoms with Crippen LogP contribution in [0.15, 0.2) is 29.4 Å². The Bertz CT molecular complexity index is 465. The van der Waals surface area contributed by atoms with Gasteiger partial charge >= 0.3 is 0 Å². The third-order valence-corrected chi connectivity index (χ3v) is 2.99. The van der Waals surface area contributed by atoms with E-state index in [0.29, 0.717) is 10.1 Å². The molecule has 0 atom stereocenters. The fraction of sp³-hybridized carbons (Fsp3) is 0.429. The minimum absolute atomic E-state index is 0.503. The normalized spacial score (nSPS) is 11.2. The number of hydrazone groups is 1. The summed E-state index contributed by atoms with van der Waals surface area (Å²) < 4.78 is 5.24. The van der Waals surface area contributed by atoms with Gasteiger partial charge in [0.1, 0.15) is 0 Å². The molecule has 1 aromatic rings. The number of hydrogen-bond acceptors (Lipinski definition) is 3. The molecule has 0 bridgehead atoms. The minimum atomic E-state index is 0.503. The molecular weight excluding hydrogens is 294 g/mol. The number of benzene rings is 1. The van der Waals surface area contributed by atoms with Gasteiger partial charge in [-0.3, -0.25) is 5.43 Å². The molecule has 0 aliphatic carbocycles. The minimum Gasteiger partial charge on any atom is -0.382 e. The fourth-order valence-corrected chi connectivity index (χ4v) is 1.81. The van der Waals surface area contributed by atoms with Gasteiger partial charge in [0, 0.05) is 24.8 Å². The maximum atomic E-state index is 5.94. The highest BCUT2D eigenvalue weighted by Gasteiger charge is 1.99. The van der Waals surface area contributed by atoms with Crippen molar-refractivity contribution in [3.8, 4) is 0 Å². The SMILES string of the molecule is CCOCCCNC(=S)N/N=C(/C)c1cccc(Cl)c1. The van der Waals surface area contributed by atoms with Crippen molar-refractivity contribution in [2.45, 2.75) is 20.3 Å². The van der Waals surface area contributed by atoms with Crippen LogP contribution in [-0.4, -0.2) is 30.6 Å². The molecular formula is C14H20ClN3OS. The lowest BCUT2D eigenvalue weighted by atomic mass is 10.1. The van der Waals surface area contributed by atoms with Gasteiger partial charge in [-0.1, -0.05) is 23.7 Å². The second-order valence-corrected chi connectivity index (χ2v) is 4.97. The van der Waals surface area contributed by atoms with Crippen molar-refractivity contribution in [1.29, 1.82) is 0 Å². The van der Waals surface area contributed by atoms with E-state index in [1.165, 1.54) is 0 Å². The zero-order valence-electron chi connectivity index (χ0n) is 11.8. The third-order valence-electron chi connectivity index (χ3n) is 2.52. The standard InChI is InChI=1S/C14H20ClN3OS/c1-3-19-9-5-8-16-14(20)18-17-11(2)12-6-4-7-13(15)10-12/h4,6-7,10H,3,5,8-9H2,1-2H3,(H2,16,18,20)/b17-11-. The summed E-state index contributed by atoms with van der Waals surface area (Å²) in [6, 6.07) is 7.53. The molecule has 20 heavy (non-hydrogen) atoms. The summed E-state index contributed by atoms with van der Waals surface area (Å²) in [5.41, 5.74) is 4.60. The summed E-state index contributed by atoms with van der Waals surface area (Å²) in [4.78, 5) is 0. The van der Waals surface area contributed by atoms with E-state index in [1.807, 2.05) is 38.1 Å². The van der Waals surface area contributed by atoms with Crippen molar-refractivity contribution in [2.75, 3.05) is 19.8 Å². The highest BCUT2D eigenvalue weighted by Crippen LogP contribution is 2.11. The van der Waals surface area contributed by atoms with Gasteiger partial charge in [-0.25, -0.2) is 0 Å². The maximum Gasteiger partial charge on any atom is 0.186 e. The number of ether oxygens (including phenoxy) is 1. The number of thiocarbonyl (C=S) groups is 1. The van der Waals surface area contributed by atoms with Crippen molar-refractivity contribution >= 4 is 34.6 Å². The van der Waals surface area contributed by atoms with Crippen molar-refractivity contribution < 1.29 is 4.74 Å². The van der Waals surface area contributed by atoms with E-state index in [-0.39, 0.29) is 0 Å². The van der Waals surface area contributed by atoms with Gasteiger partial charge in [0.15, 0.2) is 5.11 Å². The van der Waals surface area contributed by atoms with Crippen molar-refractivity contribution in [3.63, 3.8) is 0 Å². The van der Waals surface area contributed by atoms with Gasteiger partial charge in [-0.2, -0.15) is 5.10 Å². The first-order chi connectivity index (χ1) is 9.63. The molecule has 0 saturated heterocycles. The van der Waals surface area contributed by atoms with E-state index in [4.69, 9.17) is 28.6 Å². The molecule has 0 unspecified atom stereocenters. The average molecular weight is 314 g/mol. The Morgan fingerprint density at radius 2 is 2.25 bits per heavy atom. The molecule has 0 aliphatic heterocycles. The predicted molar refractivity (Wildman–Crippen MR) is 88.5 cm³/mol. The lowest BCUT2D eigenvalue weighted by molar-refractivity contribution is 0.145. The molecule has 0 radical (unpaired) electrons. The molecule has 0 fully saturated rings. The Balaban J connectivity index is 2.33. The molecule has 0 spiro atoms. The Morgan fingerprint density at radius 3 is 2.95 bits per heavy atom. The summed E-state index contributed by atoms with van der Waals surface area (Å²) in [6.07, 6.45) is 0.909. The van der Waals surface area contributed by atoms with Crippen molar-refractivity contribution in [3.05, 3.63) is 34.9 Å². The second kappa shape index (κ2) is 9.69. The van der Waals surface area contributed by atoms with Gasteiger partial charge in [0.25, 0.3) is 0 Å². The largest absolute Gasteiger partial charge is 0.382 e. The molecule has 0 aromatic heterocycles. The summed E-state index contributed by atoms with van der Waals surface area (Å²) in [5.74, 6) is 0. The van der Waals surface area contributed by atoms with Crippen LogP contribution in [0.25, 0.3) is 0 Å². The second-order valence-electron chi connectivity index (χ2n) is 4.13. The summed E-state index contributed by atoms with van der Waals surface area (Å²) >= 11 is 11.1. The molecule has 0 amide bonds. The Morgan fingerprint density at radius 1 is 1.45 bits per heavy atom. The Labute approximate surface area is 130 Å². The first kappa shape index (κ1) is 16.9. The van der Waals surface area contributed by atoms with Crippen LogP contribution in [0.1, 0.15) is 25.8 Å². The maximum absolute atomic E-state index is 5.94. The van der Waals surface area contributed by atoms with Gasteiger partial charge < -0.3 is 10.1 Å². The van der Waals surface area contributed by atoms with E-state index in [2.05, 4.69) is 15.8 Å². The van der Waals surface area contributed by atoms with E-state index >= 15 is 0 Å².